The molecule has 186 valence electrons. The summed E-state index contributed by atoms with van der Waals surface area (Å²) in [6.07, 6.45) is 5.41. The van der Waals surface area contributed by atoms with Crippen molar-refractivity contribution in [3.8, 4) is 17.1 Å². The number of carbonyl (C=O) groups is 1. The number of nitrogens with one attached hydrogen (secondary N) is 1. The summed E-state index contributed by atoms with van der Waals surface area (Å²) in [4.78, 5) is 20.1. The molecule has 0 spiro atoms. The summed E-state index contributed by atoms with van der Waals surface area (Å²) in [5, 5.41) is 24.5. The fraction of sp³-hybridized carbons (Fsp3) is 0.565. The van der Waals surface area contributed by atoms with Crippen LogP contribution in [0.1, 0.15) is 55.8 Å². The van der Waals surface area contributed by atoms with Crippen molar-refractivity contribution in [2.75, 3.05) is 5.32 Å². The summed E-state index contributed by atoms with van der Waals surface area (Å²) in [5.41, 5.74) is 1.47. The summed E-state index contributed by atoms with van der Waals surface area (Å²) in [6.45, 7) is 1.98. The van der Waals surface area contributed by atoms with Crippen LogP contribution in [0.15, 0.2) is 10.6 Å². The molecule has 0 unspecified atom stereocenters. The fourth-order valence-corrected chi connectivity index (χ4v) is 4.41. The molecule has 2 aliphatic carbocycles. The minimum absolute atomic E-state index is 0.0642. The van der Waals surface area contributed by atoms with Gasteiger partial charge in [-0.25, -0.2) is 14.1 Å². The number of carboxylic acids is 1. The van der Waals surface area contributed by atoms with Gasteiger partial charge < -0.3 is 19.7 Å². The van der Waals surface area contributed by atoms with Gasteiger partial charge in [-0.15, -0.1) is 5.10 Å². The van der Waals surface area contributed by atoms with E-state index in [-0.39, 0.29) is 18.3 Å². The van der Waals surface area contributed by atoms with Gasteiger partial charge in [0, 0.05) is 19.5 Å². The van der Waals surface area contributed by atoms with E-state index in [1.165, 1.54) is 18.9 Å². The first-order valence-electron chi connectivity index (χ1n) is 11.9. The number of aryl methyl sites for hydroxylation is 2. The third-order valence-corrected chi connectivity index (χ3v) is 6.60. The molecule has 3 aromatic heterocycles. The van der Waals surface area contributed by atoms with Crippen molar-refractivity contribution >= 4 is 11.9 Å². The molecule has 11 nitrogen and oxygen atoms in total. The summed E-state index contributed by atoms with van der Waals surface area (Å²) in [7, 11) is 1.71. The molecule has 0 aliphatic heterocycles. The SMILES string of the molecule is Cc1nc(-c2nnn(C)c2CNc2noc(CC3CC3)n2)c(F)cc1O[C@H]1CCC[C@H](C(=O)O)C1. The second-order valence-electron chi connectivity index (χ2n) is 9.37. The summed E-state index contributed by atoms with van der Waals surface area (Å²) in [5.74, 6) is 0.0450. The van der Waals surface area contributed by atoms with Gasteiger partial charge in [0.15, 0.2) is 5.82 Å². The minimum atomic E-state index is -0.821. The number of ether oxygens (including phenoxy) is 1. The minimum Gasteiger partial charge on any atom is -0.488 e. The average molecular weight is 486 g/mol. The second kappa shape index (κ2) is 9.59. The van der Waals surface area contributed by atoms with Crippen molar-refractivity contribution in [3.63, 3.8) is 0 Å². The molecule has 0 saturated heterocycles. The number of hydrogen-bond acceptors (Lipinski definition) is 9. The van der Waals surface area contributed by atoms with Crippen molar-refractivity contribution in [1.82, 2.24) is 30.1 Å². The Morgan fingerprint density at radius 1 is 1.29 bits per heavy atom. The Kier molecular flexibility index (Phi) is 6.35. The number of carboxylic acid groups (broad SMARTS) is 1. The molecule has 0 aromatic carbocycles. The summed E-state index contributed by atoms with van der Waals surface area (Å²) >= 11 is 0. The first-order chi connectivity index (χ1) is 16.9. The molecule has 2 atom stereocenters. The molecule has 35 heavy (non-hydrogen) atoms. The van der Waals surface area contributed by atoms with E-state index in [0.29, 0.717) is 53.4 Å². The lowest BCUT2D eigenvalue weighted by Crippen LogP contribution is -2.29. The van der Waals surface area contributed by atoms with E-state index in [4.69, 9.17) is 9.26 Å². The molecule has 0 amide bonds. The van der Waals surface area contributed by atoms with Gasteiger partial charge in [-0.3, -0.25) is 4.79 Å². The maximum Gasteiger partial charge on any atom is 0.306 e. The summed E-state index contributed by atoms with van der Waals surface area (Å²) in [6, 6.07) is 1.29. The molecular weight excluding hydrogens is 457 g/mol. The zero-order valence-electron chi connectivity index (χ0n) is 19.7. The Labute approximate surface area is 201 Å². The molecule has 0 radical (unpaired) electrons. The van der Waals surface area contributed by atoms with E-state index in [1.54, 1.807) is 18.7 Å². The lowest BCUT2D eigenvalue weighted by molar-refractivity contribution is -0.143. The van der Waals surface area contributed by atoms with Crippen molar-refractivity contribution < 1.29 is 23.6 Å². The predicted octanol–water partition coefficient (Wildman–Crippen LogP) is 3.29. The standard InChI is InChI=1S/C23H28FN7O4/c1-12-18(34-15-5-3-4-14(9-15)22(32)33)10-16(24)20(26-12)21-17(31(2)30-28-21)11-25-23-27-19(35-29-23)8-13-6-7-13/h10,13-15H,3-9,11H2,1-2H3,(H,25,29)(H,32,33)/t14-,15-/m0/s1. The highest BCUT2D eigenvalue weighted by atomic mass is 19.1. The van der Waals surface area contributed by atoms with Crippen LogP contribution in [0.25, 0.3) is 11.4 Å². The Hall–Kier alpha value is -3.57. The lowest BCUT2D eigenvalue weighted by atomic mass is 9.87. The van der Waals surface area contributed by atoms with Gasteiger partial charge in [-0.05, 0) is 56.5 Å². The van der Waals surface area contributed by atoms with Crippen LogP contribution in [0.2, 0.25) is 0 Å². The number of hydrogen-bond donors (Lipinski definition) is 2. The number of pyridine rings is 1. The van der Waals surface area contributed by atoms with Crippen molar-refractivity contribution in [1.29, 1.82) is 0 Å². The average Bonchev–Trinajstić information content (AvgIpc) is 3.41. The number of halogens is 1. The molecule has 3 aromatic rings. The van der Waals surface area contributed by atoms with Crippen LogP contribution in [0.3, 0.4) is 0 Å². The van der Waals surface area contributed by atoms with Crippen LogP contribution in [0.4, 0.5) is 10.3 Å². The van der Waals surface area contributed by atoms with Gasteiger partial charge in [0.2, 0.25) is 5.89 Å². The van der Waals surface area contributed by atoms with Gasteiger partial charge in [-0.2, -0.15) is 4.98 Å². The van der Waals surface area contributed by atoms with Crippen LogP contribution in [0.5, 0.6) is 5.75 Å². The van der Waals surface area contributed by atoms with Crippen LogP contribution in [0, 0.1) is 24.6 Å². The van der Waals surface area contributed by atoms with Crippen LogP contribution in [-0.2, 0) is 24.8 Å². The largest absolute Gasteiger partial charge is 0.488 e. The molecule has 5 rings (SSSR count). The van der Waals surface area contributed by atoms with Crippen molar-refractivity contribution in [2.24, 2.45) is 18.9 Å². The van der Waals surface area contributed by atoms with Crippen molar-refractivity contribution in [3.05, 3.63) is 29.2 Å². The Morgan fingerprint density at radius 3 is 2.89 bits per heavy atom. The number of aliphatic carboxylic acids is 1. The Morgan fingerprint density at radius 2 is 2.11 bits per heavy atom. The number of rotatable bonds is 9. The highest BCUT2D eigenvalue weighted by molar-refractivity contribution is 5.70. The van der Waals surface area contributed by atoms with Crippen LogP contribution < -0.4 is 10.1 Å². The molecular formula is C23H28FN7O4. The number of anilines is 1. The van der Waals surface area contributed by atoms with E-state index >= 15 is 4.39 Å². The number of aromatic nitrogens is 6. The normalized spacial score (nSPS) is 20.1. The topological polar surface area (TPSA) is 141 Å². The zero-order chi connectivity index (χ0) is 24.5. The number of nitrogens with zero attached hydrogens (tertiary/aromatic N) is 6. The molecule has 2 saturated carbocycles. The zero-order valence-corrected chi connectivity index (χ0v) is 19.7. The first kappa shape index (κ1) is 23.2. The smallest absolute Gasteiger partial charge is 0.306 e. The molecule has 12 heteroatoms. The van der Waals surface area contributed by atoms with E-state index in [1.807, 2.05) is 0 Å². The highest BCUT2D eigenvalue weighted by Crippen LogP contribution is 2.33. The van der Waals surface area contributed by atoms with Gasteiger partial charge in [0.25, 0.3) is 5.95 Å². The van der Waals surface area contributed by atoms with E-state index in [2.05, 4.69) is 30.8 Å². The quantitative estimate of drug-likeness (QED) is 0.464. The van der Waals surface area contributed by atoms with E-state index in [9.17, 15) is 9.90 Å². The first-order valence-corrected chi connectivity index (χ1v) is 11.9. The lowest BCUT2D eigenvalue weighted by Gasteiger charge is -2.27. The van der Waals surface area contributed by atoms with Crippen LogP contribution in [-0.4, -0.2) is 47.3 Å². The van der Waals surface area contributed by atoms with Gasteiger partial charge in [0.1, 0.15) is 17.1 Å². The summed E-state index contributed by atoms with van der Waals surface area (Å²) < 4.78 is 28.0. The van der Waals surface area contributed by atoms with Gasteiger partial charge in [-0.1, -0.05) is 5.21 Å². The third kappa shape index (κ3) is 5.25. The van der Waals surface area contributed by atoms with Crippen LogP contribution >= 0.6 is 0 Å². The Bertz CT molecular complexity index is 1220. The van der Waals surface area contributed by atoms with Gasteiger partial charge in [0.05, 0.1) is 30.0 Å². The second-order valence-corrected chi connectivity index (χ2v) is 9.37. The molecule has 2 N–H and O–H groups in total. The fourth-order valence-electron chi connectivity index (χ4n) is 4.41. The highest BCUT2D eigenvalue weighted by Gasteiger charge is 2.29. The molecule has 3 heterocycles. The van der Waals surface area contributed by atoms with E-state index < -0.39 is 17.7 Å². The van der Waals surface area contributed by atoms with Gasteiger partial charge >= 0.3 is 5.97 Å². The third-order valence-electron chi connectivity index (χ3n) is 6.60. The van der Waals surface area contributed by atoms with Crippen molar-refractivity contribution in [2.45, 2.75) is 64.5 Å². The molecule has 2 aliphatic rings. The maximum absolute atomic E-state index is 15.2. The molecule has 0 bridgehead atoms. The Balaban J connectivity index is 1.30. The predicted molar refractivity (Wildman–Crippen MR) is 121 cm³/mol. The molecule has 2 fully saturated rings. The maximum atomic E-state index is 15.2. The monoisotopic (exact) mass is 485 g/mol. The van der Waals surface area contributed by atoms with E-state index in [0.717, 1.165) is 19.3 Å².